The van der Waals surface area contributed by atoms with Crippen LogP contribution in [0.25, 0.3) is 5.57 Å². The highest BCUT2D eigenvalue weighted by Crippen LogP contribution is 2.25. The second-order valence-corrected chi connectivity index (χ2v) is 6.74. The first-order chi connectivity index (χ1) is 8.53. The summed E-state index contributed by atoms with van der Waals surface area (Å²) < 4.78 is 2.23. The molecular formula is C17H25I. The van der Waals surface area contributed by atoms with E-state index in [0.29, 0.717) is 5.41 Å². The zero-order valence-electron chi connectivity index (χ0n) is 11.9. The molecule has 0 unspecified atom stereocenters. The molecule has 0 aliphatic rings. The molecule has 0 heterocycles. The molecule has 1 rings (SSSR count). The molecule has 1 heteroatoms. The van der Waals surface area contributed by atoms with Crippen molar-refractivity contribution in [2.45, 2.75) is 52.9 Å². The van der Waals surface area contributed by atoms with Crippen molar-refractivity contribution < 1.29 is 0 Å². The lowest BCUT2D eigenvalue weighted by atomic mass is 9.89. The van der Waals surface area contributed by atoms with E-state index in [1.54, 1.807) is 0 Å². The Morgan fingerprint density at radius 3 is 2.28 bits per heavy atom. The van der Waals surface area contributed by atoms with E-state index >= 15 is 0 Å². The van der Waals surface area contributed by atoms with Gasteiger partial charge in [-0.05, 0) is 39.9 Å². The predicted octanol–water partition coefficient (Wildman–Crippen LogP) is 6.46. The molecule has 0 bridgehead atoms. The van der Waals surface area contributed by atoms with E-state index in [1.165, 1.54) is 43.2 Å². The van der Waals surface area contributed by atoms with Gasteiger partial charge in [0.25, 0.3) is 0 Å². The number of benzene rings is 1. The van der Waals surface area contributed by atoms with Gasteiger partial charge < -0.3 is 0 Å². The summed E-state index contributed by atoms with van der Waals surface area (Å²) in [6, 6.07) is 10.7. The quantitative estimate of drug-likeness (QED) is 0.405. The first-order valence-electron chi connectivity index (χ1n) is 6.87. The molecule has 0 saturated heterocycles. The van der Waals surface area contributed by atoms with Crippen LogP contribution in [0.4, 0.5) is 0 Å². The maximum atomic E-state index is 2.36. The SMILES string of the molecule is CC(C)(C)CCCCC/C(=C\I)c1ccccc1. The summed E-state index contributed by atoms with van der Waals surface area (Å²) in [6.07, 6.45) is 6.55. The molecule has 0 fully saturated rings. The van der Waals surface area contributed by atoms with E-state index < -0.39 is 0 Å². The number of unbranched alkanes of at least 4 members (excludes halogenated alkanes) is 2. The van der Waals surface area contributed by atoms with E-state index in [2.05, 4.69) is 77.8 Å². The fourth-order valence-corrected chi connectivity index (χ4v) is 2.73. The van der Waals surface area contributed by atoms with Crippen LogP contribution in [0.1, 0.15) is 58.4 Å². The normalized spacial score (nSPS) is 12.8. The fraction of sp³-hybridized carbons (Fsp3) is 0.529. The van der Waals surface area contributed by atoms with Crippen molar-refractivity contribution in [3.05, 3.63) is 40.0 Å². The summed E-state index contributed by atoms with van der Waals surface area (Å²) in [4.78, 5) is 0. The highest BCUT2D eigenvalue weighted by Gasteiger charge is 2.09. The van der Waals surface area contributed by atoms with Gasteiger partial charge in [0.05, 0.1) is 0 Å². The monoisotopic (exact) mass is 356 g/mol. The Bertz CT molecular complexity index is 357. The Morgan fingerprint density at radius 1 is 1.06 bits per heavy atom. The van der Waals surface area contributed by atoms with Crippen LogP contribution in [-0.4, -0.2) is 0 Å². The molecule has 0 amide bonds. The molecule has 1 aromatic carbocycles. The summed E-state index contributed by atoms with van der Waals surface area (Å²) in [5.74, 6) is 0. The van der Waals surface area contributed by atoms with E-state index in [0.717, 1.165) is 0 Å². The lowest BCUT2D eigenvalue weighted by molar-refractivity contribution is 0.358. The lowest BCUT2D eigenvalue weighted by Gasteiger charge is -2.17. The van der Waals surface area contributed by atoms with E-state index in [9.17, 15) is 0 Å². The molecule has 0 nitrogen and oxygen atoms in total. The average molecular weight is 356 g/mol. The van der Waals surface area contributed by atoms with Crippen LogP contribution in [0.2, 0.25) is 0 Å². The van der Waals surface area contributed by atoms with Gasteiger partial charge in [-0.3, -0.25) is 0 Å². The van der Waals surface area contributed by atoms with Crippen molar-refractivity contribution in [1.82, 2.24) is 0 Å². The second-order valence-electron chi connectivity index (χ2n) is 6.12. The second kappa shape index (κ2) is 7.98. The van der Waals surface area contributed by atoms with Gasteiger partial charge in [0.15, 0.2) is 0 Å². The maximum absolute atomic E-state index is 2.36. The zero-order chi connectivity index (χ0) is 13.4. The van der Waals surface area contributed by atoms with Crippen molar-refractivity contribution in [1.29, 1.82) is 0 Å². The molecule has 0 saturated carbocycles. The summed E-state index contributed by atoms with van der Waals surface area (Å²) in [5.41, 5.74) is 3.34. The standard InChI is InChI=1S/C17H25I/c1-17(2,3)13-9-5-8-12-16(14-18)15-10-6-4-7-11-15/h4,6-7,10-11,14H,5,8-9,12-13H2,1-3H3/b16-14+. The van der Waals surface area contributed by atoms with Crippen molar-refractivity contribution in [2.75, 3.05) is 0 Å². The van der Waals surface area contributed by atoms with Gasteiger partial charge in [-0.25, -0.2) is 0 Å². The summed E-state index contributed by atoms with van der Waals surface area (Å²) in [6.45, 7) is 6.98. The highest BCUT2D eigenvalue weighted by molar-refractivity contribution is 14.1. The average Bonchev–Trinajstić information content (AvgIpc) is 2.33. The van der Waals surface area contributed by atoms with Crippen molar-refractivity contribution in [3.63, 3.8) is 0 Å². The molecule has 18 heavy (non-hydrogen) atoms. The highest BCUT2D eigenvalue weighted by atomic mass is 127. The Labute approximate surface area is 126 Å². The third-order valence-electron chi connectivity index (χ3n) is 3.15. The van der Waals surface area contributed by atoms with Crippen LogP contribution in [0.15, 0.2) is 34.4 Å². The molecule has 0 atom stereocenters. The van der Waals surface area contributed by atoms with Crippen LogP contribution in [0.5, 0.6) is 0 Å². The van der Waals surface area contributed by atoms with Gasteiger partial charge in [0, 0.05) is 0 Å². The number of allylic oxidation sites excluding steroid dienone is 1. The van der Waals surface area contributed by atoms with Crippen LogP contribution < -0.4 is 0 Å². The molecule has 0 N–H and O–H groups in total. The molecular weight excluding hydrogens is 331 g/mol. The number of hydrogen-bond acceptors (Lipinski definition) is 0. The van der Waals surface area contributed by atoms with Crippen LogP contribution in [-0.2, 0) is 0 Å². The van der Waals surface area contributed by atoms with Gasteiger partial charge in [-0.1, -0.05) is 86.5 Å². The topological polar surface area (TPSA) is 0 Å². The van der Waals surface area contributed by atoms with Crippen molar-refractivity contribution >= 4 is 28.2 Å². The van der Waals surface area contributed by atoms with Gasteiger partial charge >= 0.3 is 0 Å². The number of rotatable bonds is 6. The van der Waals surface area contributed by atoms with Crippen LogP contribution in [0.3, 0.4) is 0 Å². The minimum Gasteiger partial charge on any atom is -0.0622 e. The van der Waals surface area contributed by atoms with E-state index in [-0.39, 0.29) is 0 Å². The summed E-state index contributed by atoms with van der Waals surface area (Å²) in [5, 5.41) is 0. The fourth-order valence-electron chi connectivity index (χ4n) is 2.06. The Balaban J connectivity index is 2.30. The Kier molecular flexibility index (Phi) is 6.98. The first-order valence-corrected chi connectivity index (χ1v) is 8.12. The molecule has 100 valence electrons. The van der Waals surface area contributed by atoms with Crippen LogP contribution >= 0.6 is 22.6 Å². The summed E-state index contributed by atoms with van der Waals surface area (Å²) >= 11 is 2.36. The maximum Gasteiger partial charge on any atom is -0.0196 e. The smallest absolute Gasteiger partial charge is 0.0196 e. The molecule has 0 aromatic heterocycles. The van der Waals surface area contributed by atoms with Gasteiger partial charge in [0.1, 0.15) is 0 Å². The number of hydrogen-bond donors (Lipinski definition) is 0. The minimum atomic E-state index is 0.487. The predicted molar refractivity (Wildman–Crippen MR) is 91.0 cm³/mol. The van der Waals surface area contributed by atoms with E-state index in [1.807, 2.05) is 0 Å². The Hall–Kier alpha value is -0.310. The molecule has 0 spiro atoms. The minimum absolute atomic E-state index is 0.487. The zero-order valence-corrected chi connectivity index (χ0v) is 14.0. The third-order valence-corrected chi connectivity index (χ3v) is 3.90. The molecule has 0 aliphatic carbocycles. The van der Waals surface area contributed by atoms with E-state index in [4.69, 9.17) is 0 Å². The van der Waals surface area contributed by atoms with Crippen LogP contribution in [0, 0.1) is 5.41 Å². The Morgan fingerprint density at radius 2 is 1.72 bits per heavy atom. The van der Waals surface area contributed by atoms with Crippen molar-refractivity contribution in [3.8, 4) is 0 Å². The molecule has 1 aromatic rings. The van der Waals surface area contributed by atoms with Gasteiger partial charge in [0.2, 0.25) is 0 Å². The molecule has 0 aliphatic heterocycles. The lowest BCUT2D eigenvalue weighted by Crippen LogP contribution is -2.03. The van der Waals surface area contributed by atoms with Gasteiger partial charge in [-0.2, -0.15) is 0 Å². The largest absolute Gasteiger partial charge is 0.0622 e. The molecule has 0 radical (unpaired) electrons. The third kappa shape index (κ3) is 6.58. The van der Waals surface area contributed by atoms with Crippen molar-refractivity contribution in [2.24, 2.45) is 5.41 Å². The van der Waals surface area contributed by atoms with Gasteiger partial charge in [-0.15, -0.1) is 0 Å². The number of halogens is 1. The first kappa shape index (κ1) is 15.7. The summed E-state index contributed by atoms with van der Waals surface area (Å²) in [7, 11) is 0.